The van der Waals surface area contributed by atoms with Crippen molar-refractivity contribution < 1.29 is 18.1 Å². The number of benzene rings is 2. The predicted octanol–water partition coefficient (Wildman–Crippen LogP) is 2.34. The fourth-order valence-electron chi connectivity index (χ4n) is 4.48. The van der Waals surface area contributed by atoms with Gasteiger partial charge in [-0.25, -0.2) is 8.42 Å². The van der Waals surface area contributed by atoms with Crippen LogP contribution in [-0.2, 0) is 21.4 Å². The van der Waals surface area contributed by atoms with Crippen LogP contribution < -0.4 is 0 Å². The number of nitrogens with zero attached hydrogens (tertiary/aromatic N) is 4. The van der Waals surface area contributed by atoms with Gasteiger partial charge < -0.3 is 4.90 Å². The van der Waals surface area contributed by atoms with Crippen LogP contribution in [0.1, 0.15) is 18.4 Å². The third-order valence-electron chi connectivity index (χ3n) is 6.35. The van der Waals surface area contributed by atoms with Crippen molar-refractivity contribution in [1.82, 2.24) is 14.1 Å². The summed E-state index contributed by atoms with van der Waals surface area (Å²) in [5, 5.41) is 10.8. The third kappa shape index (κ3) is 5.40. The van der Waals surface area contributed by atoms with E-state index in [1.807, 2.05) is 23.1 Å². The van der Waals surface area contributed by atoms with Gasteiger partial charge in [0.05, 0.1) is 15.7 Å². The molecule has 176 valence electrons. The lowest BCUT2D eigenvalue weighted by Crippen LogP contribution is -2.52. The second-order valence-corrected chi connectivity index (χ2v) is 10.5. The van der Waals surface area contributed by atoms with Crippen molar-refractivity contribution >= 4 is 21.6 Å². The normalized spacial score (nSPS) is 20.5. The van der Waals surface area contributed by atoms with Gasteiger partial charge in [-0.1, -0.05) is 30.3 Å². The Hall–Kier alpha value is -2.82. The summed E-state index contributed by atoms with van der Waals surface area (Å²) in [6.45, 7) is 4.19. The molecule has 0 aliphatic carbocycles. The maximum Gasteiger partial charge on any atom is 0.269 e. The molecule has 2 aromatic carbocycles. The Morgan fingerprint density at radius 3 is 2.27 bits per heavy atom. The lowest BCUT2D eigenvalue weighted by molar-refractivity contribution is -0.384. The molecule has 0 aromatic heterocycles. The fraction of sp³-hybridized carbons (Fsp3) is 0.435. The average molecular weight is 473 g/mol. The monoisotopic (exact) mass is 472 g/mol. The predicted molar refractivity (Wildman–Crippen MR) is 123 cm³/mol. The molecule has 9 nitrogen and oxygen atoms in total. The van der Waals surface area contributed by atoms with E-state index in [4.69, 9.17) is 0 Å². The molecule has 0 N–H and O–H groups in total. The summed E-state index contributed by atoms with van der Waals surface area (Å²) in [6, 6.07) is 15.1. The quantitative estimate of drug-likeness (QED) is 0.472. The fourth-order valence-corrected chi connectivity index (χ4v) is 6.00. The van der Waals surface area contributed by atoms with Crippen LogP contribution in [0, 0.1) is 16.0 Å². The van der Waals surface area contributed by atoms with Gasteiger partial charge in [0, 0.05) is 57.9 Å². The van der Waals surface area contributed by atoms with Gasteiger partial charge in [0.25, 0.3) is 5.69 Å². The largest absolute Gasteiger partial charge is 0.340 e. The van der Waals surface area contributed by atoms with Crippen molar-refractivity contribution in [3.05, 3.63) is 70.3 Å². The van der Waals surface area contributed by atoms with Gasteiger partial charge in [-0.15, -0.1) is 0 Å². The number of nitro benzene ring substituents is 1. The third-order valence-corrected chi connectivity index (χ3v) is 8.23. The number of carbonyl (C=O) groups is 1. The minimum absolute atomic E-state index is 0.00993. The molecular formula is C23H28N4O5S. The van der Waals surface area contributed by atoms with Crippen molar-refractivity contribution in [3.8, 4) is 0 Å². The summed E-state index contributed by atoms with van der Waals surface area (Å²) in [4.78, 5) is 27.6. The van der Waals surface area contributed by atoms with E-state index in [1.54, 1.807) is 0 Å². The van der Waals surface area contributed by atoms with E-state index in [0.717, 1.165) is 19.6 Å². The summed E-state index contributed by atoms with van der Waals surface area (Å²) < 4.78 is 27.4. The van der Waals surface area contributed by atoms with Crippen LogP contribution in [0.25, 0.3) is 0 Å². The number of hydrogen-bond acceptors (Lipinski definition) is 6. The summed E-state index contributed by atoms with van der Waals surface area (Å²) in [5.74, 6) is -0.356. The lowest BCUT2D eigenvalue weighted by atomic mass is 9.97. The molecule has 1 unspecified atom stereocenters. The molecule has 0 saturated carbocycles. The second-order valence-electron chi connectivity index (χ2n) is 8.54. The summed E-state index contributed by atoms with van der Waals surface area (Å²) in [5.41, 5.74) is 1.09. The minimum Gasteiger partial charge on any atom is -0.340 e. The van der Waals surface area contributed by atoms with Crippen LogP contribution in [0.5, 0.6) is 0 Å². The van der Waals surface area contributed by atoms with Crippen LogP contribution in [0.2, 0.25) is 0 Å². The minimum atomic E-state index is -3.81. The second kappa shape index (κ2) is 9.98. The maximum atomic E-state index is 13.2. The average Bonchev–Trinajstić information content (AvgIpc) is 2.85. The highest BCUT2D eigenvalue weighted by Gasteiger charge is 2.36. The van der Waals surface area contributed by atoms with E-state index in [-0.39, 0.29) is 29.0 Å². The highest BCUT2D eigenvalue weighted by Crippen LogP contribution is 2.26. The number of piperazine rings is 1. The lowest BCUT2D eigenvalue weighted by Gasteiger charge is -2.38. The van der Waals surface area contributed by atoms with Crippen LogP contribution in [-0.4, -0.2) is 72.6 Å². The van der Waals surface area contributed by atoms with Crippen molar-refractivity contribution in [2.75, 3.05) is 39.3 Å². The molecule has 2 aliphatic rings. The highest BCUT2D eigenvalue weighted by molar-refractivity contribution is 7.89. The van der Waals surface area contributed by atoms with E-state index in [2.05, 4.69) is 17.0 Å². The van der Waals surface area contributed by atoms with Crippen LogP contribution in [0.4, 0.5) is 5.69 Å². The number of nitro groups is 1. The van der Waals surface area contributed by atoms with Gasteiger partial charge in [0.2, 0.25) is 15.9 Å². The van der Waals surface area contributed by atoms with Crippen molar-refractivity contribution in [1.29, 1.82) is 0 Å². The van der Waals surface area contributed by atoms with E-state index in [0.29, 0.717) is 32.5 Å². The number of non-ortho nitro benzene ring substituents is 1. The van der Waals surface area contributed by atoms with E-state index in [1.165, 1.54) is 34.1 Å². The molecule has 2 saturated heterocycles. The van der Waals surface area contributed by atoms with Gasteiger partial charge in [0.15, 0.2) is 0 Å². The van der Waals surface area contributed by atoms with Crippen molar-refractivity contribution in [3.63, 3.8) is 0 Å². The Bertz CT molecular complexity index is 1080. The van der Waals surface area contributed by atoms with Crippen molar-refractivity contribution in [2.45, 2.75) is 24.3 Å². The molecule has 33 heavy (non-hydrogen) atoms. The smallest absolute Gasteiger partial charge is 0.269 e. The molecule has 1 atom stereocenters. The van der Waals surface area contributed by atoms with Gasteiger partial charge in [-0.05, 0) is 30.5 Å². The van der Waals surface area contributed by atoms with Gasteiger partial charge >= 0.3 is 0 Å². The molecular weight excluding hydrogens is 444 g/mol. The Labute approximate surface area is 193 Å². The van der Waals surface area contributed by atoms with Gasteiger partial charge in [-0.2, -0.15) is 4.31 Å². The Morgan fingerprint density at radius 2 is 1.64 bits per heavy atom. The number of rotatable bonds is 6. The van der Waals surface area contributed by atoms with E-state index in [9.17, 15) is 23.3 Å². The summed E-state index contributed by atoms with van der Waals surface area (Å²) >= 11 is 0. The standard InChI is InChI=1S/C23H28N4O5S/c28-23(25-15-13-24(14-16-25)17-19-5-2-1-3-6-19)20-7-4-12-26(18-20)33(31,32)22-10-8-21(9-11-22)27(29)30/h1-3,5-6,8-11,20H,4,7,12-18H2. The van der Waals surface area contributed by atoms with Gasteiger partial charge in [-0.3, -0.25) is 19.8 Å². The number of carbonyl (C=O) groups excluding carboxylic acids is 1. The first-order valence-electron chi connectivity index (χ1n) is 11.1. The molecule has 1 amide bonds. The summed E-state index contributed by atoms with van der Waals surface area (Å²) in [6.07, 6.45) is 1.27. The van der Waals surface area contributed by atoms with Crippen molar-refractivity contribution in [2.24, 2.45) is 5.92 Å². The molecule has 2 aromatic rings. The molecule has 0 spiro atoms. The number of hydrogen-bond donors (Lipinski definition) is 0. The topological polar surface area (TPSA) is 104 Å². The van der Waals surface area contributed by atoms with Crippen LogP contribution in [0.3, 0.4) is 0 Å². The first-order valence-corrected chi connectivity index (χ1v) is 12.6. The SMILES string of the molecule is O=C(C1CCCN(S(=O)(=O)c2ccc([N+](=O)[O-])cc2)C1)N1CCN(Cc2ccccc2)CC1. The zero-order chi connectivity index (χ0) is 23.4. The molecule has 2 fully saturated rings. The maximum absolute atomic E-state index is 13.2. The van der Waals surface area contributed by atoms with E-state index >= 15 is 0 Å². The molecule has 10 heteroatoms. The first-order chi connectivity index (χ1) is 15.8. The number of amides is 1. The first kappa shape index (κ1) is 23.3. The highest BCUT2D eigenvalue weighted by atomic mass is 32.2. The molecule has 0 bridgehead atoms. The number of sulfonamides is 1. The molecule has 2 aliphatic heterocycles. The zero-order valence-corrected chi connectivity index (χ0v) is 19.2. The Morgan fingerprint density at radius 1 is 0.970 bits per heavy atom. The van der Waals surface area contributed by atoms with E-state index < -0.39 is 14.9 Å². The molecule has 4 rings (SSSR count). The van der Waals surface area contributed by atoms with Gasteiger partial charge in [0.1, 0.15) is 0 Å². The van der Waals surface area contributed by atoms with Crippen LogP contribution in [0.15, 0.2) is 59.5 Å². The summed E-state index contributed by atoms with van der Waals surface area (Å²) in [7, 11) is -3.81. The molecule has 0 radical (unpaired) electrons. The Balaban J connectivity index is 1.35. The number of piperidine rings is 1. The Kier molecular flexibility index (Phi) is 7.06. The molecule has 2 heterocycles. The zero-order valence-electron chi connectivity index (χ0n) is 18.4. The van der Waals surface area contributed by atoms with Crippen LogP contribution >= 0.6 is 0 Å².